The summed E-state index contributed by atoms with van der Waals surface area (Å²) in [5.41, 5.74) is -0.433. The van der Waals surface area contributed by atoms with E-state index in [0.29, 0.717) is 27.4 Å². The molecule has 18 heteroatoms. The number of halogens is 2. The Morgan fingerprint density at radius 3 is 2.31 bits per heavy atom. The molecule has 0 bridgehead atoms. The van der Waals surface area contributed by atoms with Crippen LogP contribution in [0.1, 0.15) is 32.6 Å². The van der Waals surface area contributed by atoms with Crippen LogP contribution < -0.4 is 34.8 Å². The Hall–Kier alpha value is -4.28. The first-order valence-electron chi connectivity index (χ1n) is 15.0. The fraction of sp³-hybridized carbons (Fsp3) is 0.452. The lowest BCUT2D eigenvalue weighted by Crippen LogP contribution is -2.42. The molecule has 0 aliphatic carbocycles. The zero-order chi connectivity index (χ0) is 35.9. The van der Waals surface area contributed by atoms with Crippen molar-refractivity contribution in [1.82, 2.24) is 14.6 Å². The number of carbonyl (C=O) groups is 1. The molecule has 0 amide bonds. The molecular weight excluding hydrogens is 673 g/mol. The van der Waals surface area contributed by atoms with Gasteiger partial charge in [-0.25, -0.2) is 9.36 Å². The van der Waals surface area contributed by atoms with Crippen LogP contribution in [0.25, 0.3) is 0 Å². The van der Waals surface area contributed by atoms with Gasteiger partial charge in [-0.05, 0) is 56.7 Å². The number of ether oxygens (including phenoxy) is 5. The van der Waals surface area contributed by atoms with Gasteiger partial charge in [0.2, 0.25) is 12.0 Å². The minimum absolute atomic E-state index is 0.0620. The number of aliphatic hydroxyl groups excluding tert-OH is 1. The second-order valence-corrected chi connectivity index (χ2v) is 12.8. The summed E-state index contributed by atoms with van der Waals surface area (Å²) in [6.07, 6.45) is -6.00. The number of aromatic nitrogens is 2. The van der Waals surface area contributed by atoms with Gasteiger partial charge in [-0.15, -0.1) is 0 Å². The molecule has 2 heterocycles. The zero-order valence-electron chi connectivity index (χ0n) is 27.6. The lowest BCUT2D eigenvalue weighted by atomic mass is 10.1. The van der Waals surface area contributed by atoms with Crippen LogP contribution in [0, 0.1) is 0 Å². The van der Waals surface area contributed by atoms with Crippen LogP contribution in [-0.4, -0.2) is 78.8 Å². The van der Waals surface area contributed by atoms with Gasteiger partial charge in [0.1, 0.15) is 23.7 Å². The van der Waals surface area contributed by atoms with E-state index < -0.39 is 62.5 Å². The molecule has 1 saturated heterocycles. The van der Waals surface area contributed by atoms with E-state index in [1.165, 1.54) is 46.5 Å². The normalized spacial score (nSPS) is 20.2. The van der Waals surface area contributed by atoms with Crippen molar-refractivity contribution in [2.75, 3.05) is 33.3 Å². The summed E-state index contributed by atoms with van der Waals surface area (Å²) in [4.78, 5) is 29.1. The van der Waals surface area contributed by atoms with Crippen LogP contribution in [0.2, 0.25) is 0 Å². The van der Waals surface area contributed by atoms with Crippen molar-refractivity contribution in [3.8, 4) is 23.0 Å². The Labute approximate surface area is 281 Å². The number of nitrogens with one attached hydrogen (secondary N) is 2. The summed E-state index contributed by atoms with van der Waals surface area (Å²) in [5.74, 6) is -3.43. The van der Waals surface area contributed by atoms with Crippen molar-refractivity contribution < 1.29 is 56.0 Å². The lowest BCUT2D eigenvalue weighted by Gasteiger charge is -2.25. The molecule has 0 unspecified atom stereocenters. The number of hydrogen-bond donors (Lipinski definition) is 3. The highest BCUT2D eigenvalue weighted by Crippen LogP contribution is 2.48. The minimum atomic E-state index is -4.47. The number of para-hydroxylation sites is 1. The Morgan fingerprint density at radius 1 is 1.08 bits per heavy atom. The summed E-state index contributed by atoms with van der Waals surface area (Å²) in [6.45, 7) is 3.86. The Kier molecular flexibility index (Phi) is 12.2. The highest BCUT2D eigenvalue weighted by atomic mass is 31.2. The van der Waals surface area contributed by atoms with Gasteiger partial charge in [-0.1, -0.05) is 18.2 Å². The van der Waals surface area contributed by atoms with E-state index in [1.54, 1.807) is 44.2 Å². The summed E-state index contributed by atoms with van der Waals surface area (Å²) < 4.78 is 82.4. The maximum Gasteiger partial charge on any atom is 0.459 e. The maximum absolute atomic E-state index is 15.4. The van der Waals surface area contributed by atoms with Crippen molar-refractivity contribution >= 4 is 19.5 Å². The van der Waals surface area contributed by atoms with Crippen molar-refractivity contribution in [1.29, 1.82) is 0 Å². The molecule has 15 nitrogen and oxygen atoms in total. The van der Waals surface area contributed by atoms with Crippen molar-refractivity contribution in [3.63, 3.8) is 0 Å². The number of aliphatic hydroxyl groups is 1. The molecule has 3 N–H and O–H groups in total. The molecule has 3 aromatic rings. The second kappa shape index (κ2) is 16.0. The minimum Gasteiger partial charge on any atom is -0.493 e. The summed E-state index contributed by atoms with van der Waals surface area (Å²) in [6, 6.07) is 11.2. The number of nitrogens with zero attached hydrogens (tertiary/aromatic N) is 2. The third-order valence-corrected chi connectivity index (χ3v) is 8.74. The molecule has 2 aromatic carbocycles. The Bertz CT molecular complexity index is 1670. The summed E-state index contributed by atoms with van der Waals surface area (Å²) in [7, 11) is -0.0767. The predicted molar refractivity (Wildman–Crippen MR) is 171 cm³/mol. The van der Waals surface area contributed by atoms with E-state index in [2.05, 4.69) is 15.4 Å². The van der Waals surface area contributed by atoms with Gasteiger partial charge in [0, 0.05) is 12.7 Å². The smallest absolute Gasteiger partial charge is 0.459 e. The average molecular weight is 713 g/mol. The first-order valence-corrected chi connectivity index (χ1v) is 16.6. The summed E-state index contributed by atoms with van der Waals surface area (Å²) in [5, 5.41) is 15.9. The molecule has 0 spiro atoms. The van der Waals surface area contributed by atoms with Crippen LogP contribution in [0.4, 0.5) is 14.6 Å². The van der Waals surface area contributed by atoms with E-state index >= 15 is 8.78 Å². The fourth-order valence-electron chi connectivity index (χ4n) is 4.73. The highest BCUT2D eigenvalue weighted by Gasteiger charge is 2.60. The van der Waals surface area contributed by atoms with Gasteiger partial charge >= 0.3 is 25.3 Å². The number of alkyl halides is 2. The topological polar surface area (TPSA) is 178 Å². The van der Waals surface area contributed by atoms with E-state index in [0.717, 1.165) is 6.20 Å². The Morgan fingerprint density at radius 2 is 1.73 bits per heavy atom. The molecule has 5 atom stereocenters. The van der Waals surface area contributed by atoms with E-state index in [1.807, 2.05) is 0 Å². The quantitative estimate of drug-likeness (QED) is 0.144. The third-order valence-electron chi connectivity index (χ3n) is 7.09. The number of methoxy groups -OCH3 is 3. The zero-order valence-corrected chi connectivity index (χ0v) is 28.5. The first-order chi connectivity index (χ1) is 23.2. The standard InChI is InChI=1S/C31H39F2N4O11P/c1-18(2)46-28(39)19(3)36-49(41,48-21-10-8-7-9-11-21)45-17-24-27(38)31(32,33)29(47-24)37-13-12-25(35-30(37)40)34-16-20-14-22(42-4)26(44-6)23(15-20)43-5/h7-15,18-19,24,27,29,38H,16-17H2,1-6H3,(H,36,41)(H,34,35,40)/t19-,24+,27+,29+,49-/m0/s1. The molecule has 1 aliphatic heterocycles. The summed E-state index contributed by atoms with van der Waals surface area (Å²) >= 11 is 0. The van der Waals surface area contributed by atoms with Crippen LogP contribution in [0.3, 0.4) is 0 Å². The van der Waals surface area contributed by atoms with Crippen LogP contribution in [-0.2, 0) is 29.9 Å². The van der Waals surface area contributed by atoms with Gasteiger partial charge in [-0.2, -0.15) is 18.9 Å². The number of anilines is 1. The maximum atomic E-state index is 15.4. The number of benzene rings is 2. The van der Waals surface area contributed by atoms with E-state index in [9.17, 15) is 19.3 Å². The molecule has 1 fully saturated rings. The van der Waals surface area contributed by atoms with Crippen LogP contribution in [0.5, 0.6) is 23.0 Å². The van der Waals surface area contributed by atoms with Crippen LogP contribution >= 0.6 is 7.75 Å². The molecule has 268 valence electrons. The van der Waals surface area contributed by atoms with Crippen molar-refractivity contribution in [2.45, 2.75) is 63.8 Å². The van der Waals surface area contributed by atoms with Gasteiger partial charge in [0.15, 0.2) is 17.6 Å². The molecule has 0 radical (unpaired) electrons. The highest BCUT2D eigenvalue weighted by molar-refractivity contribution is 7.52. The van der Waals surface area contributed by atoms with Crippen molar-refractivity contribution in [3.05, 3.63) is 70.8 Å². The predicted octanol–water partition coefficient (Wildman–Crippen LogP) is 3.91. The molecule has 49 heavy (non-hydrogen) atoms. The largest absolute Gasteiger partial charge is 0.493 e. The van der Waals surface area contributed by atoms with E-state index in [-0.39, 0.29) is 18.1 Å². The molecule has 4 rings (SSSR count). The first kappa shape index (κ1) is 37.5. The second-order valence-electron chi connectivity index (χ2n) is 11.1. The van der Waals surface area contributed by atoms with Gasteiger partial charge in [-0.3, -0.25) is 13.9 Å². The van der Waals surface area contributed by atoms with Gasteiger partial charge in [0.05, 0.1) is 34.0 Å². The number of hydrogen-bond acceptors (Lipinski definition) is 13. The number of carbonyl (C=O) groups excluding carboxylic acids is 1. The van der Waals surface area contributed by atoms with Gasteiger partial charge < -0.3 is 38.6 Å². The SMILES string of the molecule is COc1cc(CNc2ccn([C@@H]3O[C@H](CO[P@@](=O)(N[C@@H](C)C(=O)OC(C)C)Oc4ccccc4)[C@@H](O)C3(F)F)c(=O)n2)cc(OC)c1OC. The number of rotatable bonds is 16. The number of esters is 1. The third kappa shape index (κ3) is 9.05. The average Bonchev–Trinajstić information content (AvgIpc) is 3.29. The molecule has 0 saturated carbocycles. The molecular formula is C31H39F2N4O11P. The fourth-order valence-corrected chi connectivity index (χ4v) is 6.23. The van der Waals surface area contributed by atoms with Crippen LogP contribution in [0.15, 0.2) is 59.5 Å². The van der Waals surface area contributed by atoms with Crippen molar-refractivity contribution in [2.24, 2.45) is 0 Å². The molecule has 1 aromatic heterocycles. The monoisotopic (exact) mass is 712 g/mol. The lowest BCUT2D eigenvalue weighted by molar-refractivity contribution is -0.149. The Balaban J connectivity index is 1.48. The van der Waals surface area contributed by atoms with E-state index in [4.69, 9.17) is 32.7 Å². The molecule has 1 aliphatic rings. The van der Waals surface area contributed by atoms with Gasteiger partial charge in [0.25, 0.3) is 0 Å².